The molecule has 0 radical (unpaired) electrons. The minimum absolute atomic E-state index is 0.139. The third-order valence-electron chi connectivity index (χ3n) is 4.60. The van der Waals surface area contributed by atoms with Crippen molar-refractivity contribution in [2.45, 2.75) is 62.7 Å². The van der Waals surface area contributed by atoms with Gasteiger partial charge in [-0.05, 0) is 38.6 Å². The number of rotatable bonds is 4. The number of hydrogen-bond acceptors (Lipinski definition) is 4. The Kier molecular flexibility index (Phi) is 4.34. The van der Waals surface area contributed by atoms with E-state index in [1.807, 2.05) is 6.92 Å². The van der Waals surface area contributed by atoms with Gasteiger partial charge < -0.3 is 10.1 Å². The molecule has 0 spiro atoms. The molecule has 18 heavy (non-hydrogen) atoms. The average molecular weight is 275 g/mol. The van der Waals surface area contributed by atoms with E-state index in [1.165, 1.54) is 0 Å². The molecule has 1 saturated heterocycles. The molecule has 1 aliphatic carbocycles. The van der Waals surface area contributed by atoms with Crippen LogP contribution in [0.4, 0.5) is 0 Å². The first-order chi connectivity index (χ1) is 8.48. The van der Waals surface area contributed by atoms with Crippen molar-refractivity contribution < 1.29 is 13.2 Å². The smallest absolute Gasteiger partial charge is 0.158 e. The lowest BCUT2D eigenvalue weighted by atomic mass is 10.1. The van der Waals surface area contributed by atoms with Crippen LogP contribution in [-0.4, -0.2) is 44.2 Å². The van der Waals surface area contributed by atoms with E-state index in [-0.39, 0.29) is 22.5 Å². The molecular weight excluding hydrogens is 250 g/mol. The highest BCUT2D eigenvalue weighted by Gasteiger charge is 2.46. The summed E-state index contributed by atoms with van der Waals surface area (Å²) in [6.45, 7) is 7.52. The van der Waals surface area contributed by atoms with Gasteiger partial charge in [0.1, 0.15) is 0 Å². The Morgan fingerprint density at radius 2 is 1.89 bits per heavy atom. The van der Waals surface area contributed by atoms with Gasteiger partial charge in [0.15, 0.2) is 9.84 Å². The fraction of sp³-hybridized carbons (Fsp3) is 1.00. The standard InChI is InChI=1S/C13H25NO3S/c1-4-14-11-5-6-12(9(11)2)18(15,16)13-7-8-17-10(13)3/h9-14H,4-8H2,1-3H3. The van der Waals surface area contributed by atoms with E-state index in [0.29, 0.717) is 19.1 Å². The maximum Gasteiger partial charge on any atom is 0.158 e. The van der Waals surface area contributed by atoms with Crippen LogP contribution < -0.4 is 5.32 Å². The third-order valence-corrected chi connectivity index (χ3v) is 7.57. The van der Waals surface area contributed by atoms with E-state index in [1.54, 1.807) is 0 Å². The van der Waals surface area contributed by atoms with Crippen LogP contribution in [0, 0.1) is 5.92 Å². The van der Waals surface area contributed by atoms with Gasteiger partial charge in [0.25, 0.3) is 0 Å². The van der Waals surface area contributed by atoms with Crippen molar-refractivity contribution in [2.24, 2.45) is 5.92 Å². The number of sulfone groups is 1. The molecule has 4 nitrogen and oxygen atoms in total. The van der Waals surface area contributed by atoms with E-state index in [2.05, 4.69) is 19.2 Å². The van der Waals surface area contributed by atoms with Crippen molar-refractivity contribution in [2.75, 3.05) is 13.2 Å². The molecule has 0 aromatic heterocycles. The minimum Gasteiger partial charge on any atom is -0.377 e. The molecule has 2 aliphatic rings. The summed E-state index contributed by atoms with van der Waals surface area (Å²) in [6.07, 6.45) is 2.30. The summed E-state index contributed by atoms with van der Waals surface area (Å²) >= 11 is 0. The maximum atomic E-state index is 12.7. The minimum atomic E-state index is -3.05. The molecule has 106 valence electrons. The second kappa shape index (κ2) is 5.47. The first-order valence-electron chi connectivity index (χ1n) is 7.06. The molecule has 0 aromatic rings. The summed E-state index contributed by atoms with van der Waals surface area (Å²) < 4.78 is 30.8. The van der Waals surface area contributed by atoms with Crippen LogP contribution in [0.1, 0.15) is 40.0 Å². The molecule has 1 N–H and O–H groups in total. The van der Waals surface area contributed by atoms with Crippen LogP contribution >= 0.6 is 0 Å². The molecular formula is C13H25NO3S. The Balaban J connectivity index is 2.11. The van der Waals surface area contributed by atoms with Gasteiger partial charge in [-0.2, -0.15) is 0 Å². The van der Waals surface area contributed by atoms with Gasteiger partial charge >= 0.3 is 0 Å². The molecule has 0 amide bonds. The van der Waals surface area contributed by atoms with Gasteiger partial charge in [0.2, 0.25) is 0 Å². The van der Waals surface area contributed by atoms with Crippen molar-refractivity contribution >= 4 is 9.84 Å². The lowest BCUT2D eigenvalue weighted by Crippen LogP contribution is -2.41. The molecule has 1 heterocycles. The quantitative estimate of drug-likeness (QED) is 0.841. The maximum absolute atomic E-state index is 12.7. The van der Waals surface area contributed by atoms with Crippen LogP contribution in [0.5, 0.6) is 0 Å². The number of hydrogen-bond donors (Lipinski definition) is 1. The summed E-state index contributed by atoms with van der Waals surface area (Å²) in [7, 11) is -3.05. The molecule has 2 fully saturated rings. The predicted molar refractivity (Wildman–Crippen MR) is 72.4 cm³/mol. The van der Waals surface area contributed by atoms with E-state index < -0.39 is 9.84 Å². The zero-order valence-corrected chi connectivity index (χ0v) is 12.4. The molecule has 0 bridgehead atoms. The summed E-state index contributed by atoms with van der Waals surface area (Å²) in [4.78, 5) is 0. The van der Waals surface area contributed by atoms with Crippen LogP contribution in [0.15, 0.2) is 0 Å². The lowest BCUT2D eigenvalue weighted by Gasteiger charge is -2.25. The van der Waals surface area contributed by atoms with Crippen LogP contribution in [0.3, 0.4) is 0 Å². The number of ether oxygens (including phenoxy) is 1. The van der Waals surface area contributed by atoms with Gasteiger partial charge in [-0.3, -0.25) is 0 Å². The SMILES string of the molecule is CCNC1CCC(S(=O)(=O)C2CCOC2C)C1C. The predicted octanol–water partition coefficient (Wildman–Crippen LogP) is 1.36. The van der Waals surface area contributed by atoms with Gasteiger partial charge in [-0.1, -0.05) is 13.8 Å². The van der Waals surface area contributed by atoms with Crippen LogP contribution in [0.2, 0.25) is 0 Å². The summed E-state index contributed by atoms with van der Waals surface area (Å²) in [5, 5.41) is 2.93. The second-order valence-corrected chi connectivity index (χ2v) is 8.02. The lowest BCUT2D eigenvalue weighted by molar-refractivity contribution is 0.126. The van der Waals surface area contributed by atoms with Gasteiger partial charge in [0, 0.05) is 12.6 Å². The second-order valence-electron chi connectivity index (χ2n) is 5.63. The fourth-order valence-electron chi connectivity index (χ4n) is 3.51. The first kappa shape index (κ1) is 14.3. The van der Waals surface area contributed by atoms with E-state index in [0.717, 1.165) is 19.4 Å². The average Bonchev–Trinajstić information content (AvgIpc) is 2.87. The molecule has 1 aliphatic heterocycles. The van der Waals surface area contributed by atoms with E-state index in [9.17, 15) is 8.42 Å². The summed E-state index contributed by atoms with van der Waals surface area (Å²) in [6, 6.07) is 0.354. The molecule has 2 rings (SSSR count). The summed E-state index contributed by atoms with van der Waals surface area (Å²) in [5.41, 5.74) is 0. The van der Waals surface area contributed by atoms with Crippen LogP contribution in [-0.2, 0) is 14.6 Å². The zero-order valence-electron chi connectivity index (χ0n) is 11.6. The Hall–Kier alpha value is -0.130. The highest BCUT2D eigenvalue weighted by Crippen LogP contribution is 2.36. The Labute approximate surface area is 110 Å². The van der Waals surface area contributed by atoms with Gasteiger partial charge in [-0.25, -0.2) is 8.42 Å². The third kappa shape index (κ3) is 2.45. The van der Waals surface area contributed by atoms with E-state index in [4.69, 9.17) is 4.74 Å². The highest BCUT2D eigenvalue weighted by atomic mass is 32.2. The topological polar surface area (TPSA) is 55.4 Å². The van der Waals surface area contributed by atoms with Gasteiger partial charge in [-0.15, -0.1) is 0 Å². The molecule has 1 saturated carbocycles. The molecule has 5 heteroatoms. The van der Waals surface area contributed by atoms with Gasteiger partial charge in [0.05, 0.1) is 16.6 Å². The van der Waals surface area contributed by atoms with Crippen LogP contribution in [0.25, 0.3) is 0 Å². The monoisotopic (exact) mass is 275 g/mol. The van der Waals surface area contributed by atoms with Crippen molar-refractivity contribution in [1.82, 2.24) is 5.32 Å². The number of nitrogens with one attached hydrogen (secondary N) is 1. The Bertz CT molecular complexity index is 382. The Morgan fingerprint density at radius 1 is 1.17 bits per heavy atom. The normalized spacial score (nSPS) is 41.4. The fourth-order valence-corrected chi connectivity index (χ4v) is 6.25. The molecule has 5 unspecified atom stereocenters. The zero-order chi connectivity index (χ0) is 13.3. The summed E-state index contributed by atoms with van der Waals surface area (Å²) in [5.74, 6) is 0.211. The van der Waals surface area contributed by atoms with Crippen molar-refractivity contribution in [3.05, 3.63) is 0 Å². The highest BCUT2D eigenvalue weighted by molar-refractivity contribution is 7.92. The first-order valence-corrected chi connectivity index (χ1v) is 8.67. The van der Waals surface area contributed by atoms with Crippen molar-refractivity contribution in [3.8, 4) is 0 Å². The van der Waals surface area contributed by atoms with E-state index >= 15 is 0 Å². The Morgan fingerprint density at radius 3 is 2.44 bits per heavy atom. The molecule has 5 atom stereocenters. The van der Waals surface area contributed by atoms with Crippen molar-refractivity contribution in [3.63, 3.8) is 0 Å². The van der Waals surface area contributed by atoms with Crippen molar-refractivity contribution in [1.29, 1.82) is 0 Å². The molecule has 0 aromatic carbocycles. The largest absolute Gasteiger partial charge is 0.377 e.